The van der Waals surface area contributed by atoms with E-state index in [9.17, 15) is 0 Å². The lowest BCUT2D eigenvalue weighted by Gasteiger charge is -2.10. The van der Waals surface area contributed by atoms with Gasteiger partial charge < -0.3 is 9.47 Å². The molecule has 0 aliphatic rings. The molecule has 0 spiro atoms. The Morgan fingerprint density at radius 2 is 1.71 bits per heavy atom. The van der Waals surface area contributed by atoms with Crippen LogP contribution in [-0.4, -0.2) is 31.8 Å². The second kappa shape index (κ2) is 9.75. The van der Waals surface area contributed by atoms with Crippen molar-refractivity contribution < 1.29 is 9.47 Å². The first-order valence-electron chi connectivity index (χ1n) is 5.42. The molecule has 2 nitrogen and oxygen atoms in total. The molecule has 0 saturated carbocycles. The van der Waals surface area contributed by atoms with Crippen LogP contribution in [0.3, 0.4) is 0 Å². The van der Waals surface area contributed by atoms with Gasteiger partial charge in [-0.15, -0.1) is 11.6 Å². The molecule has 0 fully saturated rings. The molecule has 3 heteroatoms. The van der Waals surface area contributed by atoms with E-state index in [2.05, 4.69) is 6.92 Å². The summed E-state index contributed by atoms with van der Waals surface area (Å²) >= 11 is 5.63. The zero-order chi connectivity index (χ0) is 10.8. The Balaban J connectivity index is 3.05. The minimum Gasteiger partial charge on any atom is -0.379 e. The number of hydrogen-bond acceptors (Lipinski definition) is 2. The molecule has 0 aromatic rings. The molecule has 0 rings (SSSR count). The Kier molecular flexibility index (Phi) is 9.90. The second-order valence-electron chi connectivity index (χ2n) is 3.90. The number of halogens is 1. The predicted molar refractivity (Wildman–Crippen MR) is 61.0 cm³/mol. The Hall–Kier alpha value is 0.210. The van der Waals surface area contributed by atoms with Gasteiger partial charge in [-0.3, -0.25) is 0 Å². The summed E-state index contributed by atoms with van der Waals surface area (Å²) in [5.41, 5.74) is 0. The van der Waals surface area contributed by atoms with Crippen molar-refractivity contribution in [2.45, 2.75) is 39.7 Å². The standard InChI is InChI=1S/C11H23ClO2/c1-10(2)14-9-8-13-7-5-11(3)4-6-12/h10-11H,4-9H2,1-3H3. The van der Waals surface area contributed by atoms with Crippen molar-refractivity contribution in [3.63, 3.8) is 0 Å². The number of alkyl halides is 1. The first-order valence-corrected chi connectivity index (χ1v) is 5.95. The van der Waals surface area contributed by atoms with E-state index >= 15 is 0 Å². The summed E-state index contributed by atoms with van der Waals surface area (Å²) in [6.07, 6.45) is 2.47. The van der Waals surface area contributed by atoms with Gasteiger partial charge in [0.15, 0.2) is 0 Å². The van der Waals surface area contributed by atoms with Crippen LogP contribution in [0.25, 0.3) is 0 Å². The molecule has 1 unspecified atom stereocenters. The summed E-state index contributed by atoms with van der Waals surface area (Å²) in [5.74, 6) is 1.41. The van der Waals surface area contributed by atoms with E-state index in [4.69, 9.17) is 21.1 Å². The molecular weight excluding hydrogens is 200 g/mol. The lowest BCUT2D eigenvalue weighted by Crippen LogP contribution is -2.11. The van der Waals surface area contributed by atoms with Crippen LogP contribution in [0, 0.1) is 5.92 Å². The molecule has 0 saturated heterocycles. The lowest BCUT2D eigenvalue weighted by atomic mass is 10.1. The van der Waals surface area contributed by atoms with Crippen LogP contribution in [0.15, 0.2) is 0 Å². The number of ether oxygens (including phenoxy) is 2. The highest BCUT2D eigenvalue weighted by molar-refractivity contribution is 6.17. The first-order chi connectivity index (χ1) is 6.66. The van der Waals surface area contributed by atoms with E-state index in [0.29, 0.717) is 25.2 Å². The summed E-state index contributed by atoms with van der Waals surface area (Å²) in [6, 6.07) is 0. The van der Waals surface area contributed by atoms with Gasteiger partial charge in [0.05, 0.1) is 19.3 Å². The average Bonchev–Trinajstić information content (AvgIpc) is 2.11. The van der Waals surface area contributed by atoms with E-state index in [0.717, 1.165) is 25.3 Å². The van der Waals surface area contributed by atoms with Gasteiger partial charge in [-0.05, 0) is 32.6 Å². The van der Waals surface area contributed by atoms with Crippen LogP contribution >= 0.6 is 11.6 Å². The molecule has 0 radical (unpaired) electrons. The molecule has 0 heterocycles. The largest absolute Gasteiger partial charge is 0.379 e. The van der Waals surface area contributed by atoms with E-state index in [1.54, 1.807) is 0 Å². The summed E-state index contributed by atoms with van der Waals surface area (Å²) in [7, 11) is 0. The van der Waals surface area contributed by atoms with Crippen LogP contribution in [0.2, 0.25) is 0 Å². The molecule has 0 aliphatic heterocycles. The summed E-state index contributed by atoms with van der Waals surface area (Å²) in [5, 5.41) is 0. The average molecular weight is 223 g/mol. The van der Waals surface area contributed by atoms with Gasteiger partial charge in [0.1, 0.15) is 0 Å². The molecule has 0 aromatic carbocycles. The van der Waals surface area contributed by atoms with E-state index in [1.165, 1.54) is 0 Å². The minimum absolute atomic E-state index is 0.300. The Morgan fingerprint density at radius 3 is 2.29 bits per heavy atom. The monoisotopic (exact) mass is 222 g/mol. The highest BCUT2D eigenvalue weighted by Gasteiger charge is 2.00. The van der Waals surface area contributed by atoms with Crippen LogP contribution < -0.4 is 0 Å². The maximum Gasteiger partial charge on any atom is 0.0703 e. The fourth-order valence-corrected chi connectivity index (χ4v) is 1.43. The minimum atomic E-state index is 0.300. The third-order valence-corrected chi connectivity index (χ3v) is 2.25. The highest BCUT2D eigenvalue weighted by Crippen LogP contribution is 2.07. The van der Waals surface area contributed by atoms with Crippen molar-refractivity contribution in [1.82, 2.24) is 0 Å². The van der Waals surface area contributed by atoms with Gasteiger partial charge >= 0.3 is 0 Å². The summed E-state index contributed by atoms with van der Waals surface area (Å²) in [6.45, 7) is 8.48. The third kappa shape index (κ3) is 10.3. The van der Waals surface area contributed by atoms with Crippen molar-refractivity contribution in [3.8, 4) is 0 Å². The summed E-state index contributed by atoms with van der Waals surface area (Å²) < 4.78 is 10.8. The fraction of sp³-hybridized carbons (Fsp3) is 1.00. The lowest BCUT2D eigenvalue weighted by molar-refractivity contribution is 0.0167. The zero-order valence-corrected chi connectivity index (χ0v) is 10.3. The highest BCUT2D eigenvalue weighted by atomic mass is 35.5. The SMILES string of the molecule is CC(CCCl)CCOCCOC(C)C. The number of hydrogen-bond donors (Lipinski definition) is 0. The van der Waals surface area contributed by atoms with Crippen LogP contribution in [-0.2, 0) is 9.47 Å². The van der Waals surface area contributed by atoms with Gasteiger partial charge in [-0.1, -0.05) is 6.92 Å². The van der Waals surface area contributed by atoms with Gasteiger partial charge in [0, 0.05) is 12.5 Å². The first kappa shape index (κ1) is 14.2. The van der Waals surface area contributed by atoms with E-state index < -0.39 is 0 Å². The second-order valence-corrected chi connectivity index (χ2v) is 4.28. The molecule has 14 heavy (non-hydrogen) atoms. The van der Waals surface area contributed by atoms with Crippen molar-refractivity contribution in [3.05, 3.63) is 0 Å². The number of rotatable bonds is 9. The molecule has 0 aromatic heterocycles. The van der Waals surface area contributed by atoms with Gasteiger partial charge in [-0.25, -0.2) is 0 Å². The Morgan fingerprint density at radius 1 is 1.00 bits per heavy atom. The smallest absolute Gasteiger partial charge is 0.0703 e. The van der Waals surface area contributed by atoms with Crippen LogP contribution in [0.4, 0.5) is 0 Å². The molecule has 1 atom stereocenters. The predicted octanol–water partition coefficient (Wildman–Crippen LogP) is 3.08. The molecule has 86 valence electrons. The summed E-state index contributed by atoms with van der Waals surface area (Å²) in [4.78, 5) is 0. The van der Waals surface area contributed by atoms with Crippen LogP contribution in [0.1, 0.15) is 33.6 Å². The quantitative estimate of drug-likeness (QED) is 0.441. The van der Waals surface area contributed by atoms with Gasteiger partial charge in [-0.2, -0.15) is 0 Å². The third-order valence-electron chi connectivity index (χ3n) is 2.04. The zero-order valence-electron chi connectivity index (χ0n) is 9.59. The van der Waals surface area contributed by atoms with E-state index in [1.807, 2.05) is 13.8 Å². The van der Waals surface area contributed by atoms with Crippen molar-refractivity contribution in [2.75, 3.05) is 25.7 Å². The van der Waals surface area contributed by atoms with Crippen molar-refractivity contribution >= 4 is 11.6 Å². The van der Waals surface area contributed by atoms with E-state index in [-0.39, 0.29) is 0 Å². The normalized spacial score (nSPS) is 13.5. The molecule has 0 aliphatic carbocycles. The maximum atomic E-state index is 5.63. The molecule has 0 bridgehead atoms. The maximum absolute atomic E-state index is 5.63. The van der Waals surface area contributed by atoms with Crippen molar-refractivity contribution in [1.29, 1.82) is 0 Å². The van der Waals surface area contributed by atoms with Gasteiger partial charge in [0.2, 0.25) is 0 Å². The molecule has 0 amide bonds. The van der Waals surface area contributed by atoms with Gasteiger partial charge in [0.25, 0.3) is 0 Å². The molecule has 0 N–H and O–H groups in total. The topological polar surface area (TPSA) is 18.5 Å². The Bertz CT molecular complexity index is 118. The van der Waals surface area contributed by atoms with Crippen LogP contribution in [0.5, 0.6) is 0 Å². The fourth-order valence-electron chi connectivity index (χ4n) is 1.06. The Labute approximate surface area is 92.9 Å². The molecular formula is C11H23ClO2. The van der Waals surface area contributed by atoms with Crippen molar-refractivity contribution in [2.24, 2.45) is 5.92 Å².